The minimum absolute atomic E-state index is 0.178. The Hall–Kier alpha value is -3.10. The molecule has 2 heterocycles. The molecule has 1 unspecified atom stereocenters. The summed E-state index contributed by atoms with van der Waals surface area (Å²) in [6, 6.07) is 15.8. The van der Waals surface area contributed by atoms with Crippen LogP contribution in [0.3, 0.4) is 0 Å². The number of aryl methyl sites for hydroxylation is 1. The third-order valence-corrected chi connectivity index (χ3v) is 5.74. The van der Waals surface area contributed by atoms with Crippen molar-refractivity contribution in [3.63, 3.8) is 0 Å². The number of benzene rings is 2. The van der Waals surface area contributed by atoms with Crippen LogP contribution in [0.1, 0.15) is 28.6 Å². The average molecular weight is 426 g/mol. The van der Waals surface area contributed by atoms with Crippen molar-refractivity contribution in [2.75, 3.05) is 11.2 Å². The molecule has 0 aliphatic carbocycles. The van der Waals surface area contributed by atoms with Crippen molar-refractivity contribution in [3.8, 4) is 11.1 Å². The Morgan fingerprint density at radius 3 is 2.57 bits per heavy atom. The Morgan fingerprint density at radius 2 is 1.90 bits per heavy atom. The fourth-order valence-electron chi connectivity index (χ4n) is 3.40. The van der Waals surface area contributed by atoms with Gasteiger partial charge in [-0.05, 0) is 36.6 Å². The van der Waals surface area contributed by atoms with Crippen LogP contribution in [-0.4, -0.2) is 19.8 Å². The average Bonchev–Trinajstić information content (AvgIpc) is 3.33. The third kappa shape index (κ3) is 4.10. The number of anilines is 1. The molecule has 0 amide bonds. The van der Waals surface area contributed by atoms with E-state index in [0.29, 0.717) is 5.88 Å². The second kappa shape index (κ2) is 7.97. The van der Waals surface area contributed by atoms with Crippen LogP contribution in [0.5, 0.6) is 0 Å². The van der Waals surface area contributed by atoms with Crippen LogP contribution in [-0.2, 0) is 21.3 Å². The zero-order chi connectivity index (χ0) is 21.3. The molecule has 156 valence electrons. The molecule has 1 atom stereocenters. The maximum Gasteiger partial charge on any atom is 0.237 e. The Bertz CT molecular complexity index is 1190. The molecule has 0 fully saturated rings. The van der Waals surface area contributed by atoms with E-state index in [2.05, 4.69) is 9.88 Å². The maximum absolute atomic E-state index is 11.7. The van der Waals surface area contributed by atoms with Crippen LogP contribution < -0.4 is 9.62 Å². The lowest BCUT2D eigenvalue weighted by atomic mass is 9.97. The molecule has 1 aliphatic heterocycles. The van der Waals surface area contributed by atoms with Crippen molar-refractivity contribution < 1.29 is 17.7 Å². The minimum atomic E-state index is -3.34. The summed E-state index contributed by atoms with van der Waals surface area (Å²) in [7, 11) is -3.34. The van der Waals surface area contributed by atoms with Crippen LogP contribution in [0.25, 0.3) is 11.1 Å². The summed E-state index contributed by atoms with van der Waals surface area (Å²) in [6.07, 6.45) is 4.14. The van der Waals surface area contributed by atoms with Crippen LogP contribution in [0.15, 0.2) is 65.5 Å². The Labute approximate surface area is 176 Å². The molecule has 0 radical (unpaired) electrons. The maximum atomic E-state index is 11.7. The van der Waals surface area contributed by atoms with E-state index in [1.807, 2.05) is 67.3 Å². The van der Waals surface area contributed by atoms with Crippen molar-refractivity contribution in [1.82, 2.24) is 9.88 Å². The van der Waals surface area contributed by atoms with E-state index in [1.165, 1.54) is 0 Å². The van der Waals surface area contributed by atoms with E-state index < -0.39 is 16.3 Å². The monoisotopic (exact) mass is 425 g/mol. The molecule has 1 aliphatic rings. The summed E-state index contributed by atoms with van der Waals surface area (Å²) in [4.78, 5) is 1.88. The summed E-state index contributed by atoms with van der Waals surface area (Å²) < 4.78 is 37.3. The first-order valence-corrected chi connectivity index (χ1v) is 11.4. The van der Waals surface area contributed by atoms with E-state index in [-0.39, 0.29) is 6.54 Å². The molecular weight excluding hydrogens is 402 g/mol. The number of hydrogen-bond donors (Lipinski definition) is 1. The van der Waals surface area contributed by atoms with Gasteiger partial charge in [0.15, 0.2) is 0 Å². The van der Waals surface area contributed by atoms with Gasteiger partial charge in [-0.15, -0.1) is 0 Å². The number of nitrogens with zero attached hydrogens (tertiary/aromatic N) is 2. The van der Waals surface area contributed by atoms with Gasteiger partial charge in [-0.1, -0.05) is 47.6 Å². The van der Waals surface area contributed by atoms with Crippen molar-refractivity contribution >= 4 is 15.9 Å². The summed E-state index contributed by atoms with van der Waals surface area (Å²) in [6.45, 7) is 4.02. The van der Waals surface area contributed by atoms with Gasteiger partial charge in [-0.2, -0.15) is 0 Å². The summed E-state index contributed by atoms with van der Waals surface area (Å²) >= 11 is 0. The summed E-state index contributed by atoms with van der Waals surface area (Å²) in [5, 5.41) is 4.03. The van der Waals surface area contributed by atoms with E-state index in [4.69, 9.17) is 9.26 Å². The highest BCUT2D eigenvalue weighted by molar-refractivity contribution is 7.88. The minimum Gasteiger partial charge on any atom is -0.472 e. The molecular formula is C22H23N3O4S. The smallest absolute Gasteiger partial charge is 0.237 e. The van der Waals surface area contributed by atoms with Gasteiger partial charge in [0.1, 0.15) is 6.26 Å². The standard InChI is InChI=1S/C22H23N3O4S/c1-15-16(2)24-29-21(15)25-11-12-28-22(25)18-9-10-20(17-7-5-4-6-8-17)19(13-18)14-23-30(3,26)27/h4-13,22-23H,14H2,1-3H3. The SMILES string of the molecule is Cc1noc(N2C=COC2c2ccc(-c3ccccc3)c(CNS(C)(=O)=O)c2)c1C. The highest BCUT2D eigenvalue weighted by atomic mass is 32.2. The second-order valence-electron chi connectivity index (χ2n) is 7.25. The molecule has 1 aromatic heterocycles. The predicted molar refractivity (Wildman–Crippen MR) is 115 cm³/mol. The summed E-state index contributed by atoms with van der Waals surface area (Å²) in [5.74, 6) is 0.620. The van der Waals surface area contributed by atoms with Crippen molar-refractivity contribution in [1.29, 1.82) is 0 Å². The van der Waals surface area contributed by atoms with Crippen LogP contribution >= 0.6 is 0 Å². The first kappa shape index (κ1) is 20.2. The largest absolute Gasteiger partial charge is 0.472 e. The van der Waals surface area contributed by atoms with Crippen LogP contribution in [0.2, 0.25) is 0 Å². The zero-order valence-corrected chi connectivity index (χ0v) is 17.8. The molecule has 0 saturated carbocycles. The van der Waals surface area contributed by atoms with Gasteiger partial charge in [0.25, 0.3) is 0 Å². The highest BCUT2D eigenvalue weighted by Gasteiger charge is 2.29. The van der Waals surface area contributed by atoms with Gasteiger partial charge < -0.3 is 9.26 Å². The molecule has 7 nitrogen and oxygen atoms in total. The fourth-order valence-corrected chi connectivity index (χ4v) is 3.82. The molecule has 4 rings (SSSR count). The number of rotatable bonds is 6. The first-order chi connectivity index (χ1) is 14.3. The molecule has 1 N–H and O–H groups in total. The lowest BCUT2D eigenvalue weighted by Gasteiger charge is -2.23. The van der Waals surface area contributed by atoms with Crippen molar-refractivity contribution in [3.05, 3.63) is 83.4 Å². The zero-order valence-electron chi connectivity index (χ0n) is 17.0. The Morgan fingerprint density at radius 1 is 1.13 bits per heavy atom. The number of nitrogens with one attached hydrogen (secondary N) is 1. The first-order valence-electron chi connectivity index (χ1n) is 9.50. The van der Waals surface area contributed by atoms with E-state index in [0.717, 1.165) is 39.8 Å². The lowest BCUT2D eigenvalue weighted by molar-refractivity contribution is 0.169. The molecule has 0 spiro atoms. The van der Waals surface area contributed by atoms with Crippen molar-refractivity contribution in [2.45, 2.75) is 26.6 Å². The van der Waals surface area contributed by atoms with Gasteiger partial charge in [-0.25, -0.2) is 13.1 Å². The fraction of sp³-hybridized carbons (Fsp3) is 0.227. The van der Waals surface area contributed by atoms with Crippen LogP contribution in [0, 0.1) is 13.8 Å². The van der Waals surface area contributed by atoms with Gasteiger partial charge in [0.2, 0.25) is 22.1 Å². The van der Waals surface area contributed by atoms with E-state index in [1.54, 1.807) is 12.5 Å². The normalized spacial score (nSPS) is 16.1. The molecule has 3 aromatic rings. The molecule has 8 heteroatoms. The molecule has 0 bridgehead atoms. The third-order valence-electron chi connectivity index (χ3n) is 5.07. The Kier molecular flexibility index (Phi) is 5.36. The molecule has 0 saturated heterocycles. The van der Waals surface area contributed by atoms with Gasteiger partial charge in [0.05, 0.1) is 11.9 Å². The number of hydrogen-bond acceptors (Lipinski definition) is 6. The molecule has 30 heavy (non-hydrogen) atoms. The van der Waals surface area contributed by atoms with Gasteiger partial charge in [-0.3, -0.25) is 4.90 Å². The number of sulfonamides is 1. The quantitative estimate of drug-likeness (QED) is 0.642. The Balaban J connectivity index is 1.72. The second-order valence-corrected chi connectivity index (χ2v) is 9.09. The predicted octanol–water partition coefficient (Wildman–Crippen LogP) is 4.01. The van der Waals surface area contributed by atoms with Gasteiger partial charge >= 0.3 is 0 Å². The summed E-state index contributed by atoms with van der Waals surface area (Å²) in [5.41, 5.74) is 5.46. The van der Waals surface area contributed by atoms with E-state index in [9.17, 15) is 8.42 Å². The topological polar surface area (TPSA) is 84.7 Å². The molecule has 2 aromatic carbocycles. The lowest BCUT2D eigenvalue weighted by Crippen LogP contribution is -2.23. The number of aromatic nitrogens is 1. The van der Waals surface area contributed by atoms with Crippen LogP contribution in [0.4, 0.5) is 5.88 Å². The van der Waals surface area contributed by atoms with Crippen molar-refractivity contribution in [2.24, 2.45) is 0 Å². The highest BCUT2D eigenvalue weighted by Crippen LogP contribution is 2.37. The van der Waals surface area contributed by atoms with Gasteiger partial charge in [0, 0.05) is 23.9 Å². The number of ether oxygens (including phenoxy) is 1. The van der Waals surface area contributed by atoms with E-state index >= 15 is 0 Å².